The summed E-state index contributed by atoms with van der Waals surface area (Å²) in [7, 11) is 3.99. The van der Waals surface area contributed by atoms with Crippen LogP contribution >= 0.6 is 24.0 Å². The number of halogens is 1. The number of fused-ring (bicyclic) bond motifs is 1. The Labute approximate surface area is 202 Å². The molecule has 2 aromatic heterocycles. The van der Waals surface area contributed by atoms with Gasteiger partial charge in [-0.05, 0) is 44.5 Å². The first-order valence-electron chi connectivity index (χ1n) is 10.6. The van der Waals surface area contributed by atoms with Crippen LogP contribution in [0.3, 0.4) is 0 Å². The predicted molar refractivity (Wildman–Crippen MR) is 138 cm³/mol. The molecule has 0 radical (unpaired) electrons. The van der Waals surface area contributed by atoms with Crippen LogP contribution in [-0.2, 0) is 13.0 Å². The Morgan fingerprint density at radius 2 is 1.81 bits per heavy atom. The number of aliphatic imine (C=N–C) groups is 1. The molecule has 0 fully saturated rings. The van der Waals surface area contributed by atoms with Gasteiger partial charge >= 0.3 is 0 Å². The molecule has 8 heteroatoms. The SMILES string of the molecule is CN=C(NCCCc1nnc2ccccn12)NCCC(C)N(C)Cc1ccccc1.I. The van der Waals surface area contributed by atoms with E-state index in [0.29, 0.717) is 6.04 Å². The maximum Gasteiger partial charge on any atom is 0.190 e. The first-order valence-corrected chi connectivity index (χ1v) is 10.6. The molecule has 1 atom stereocenters. The molecule has 1 unspecified atom stereocenters. The minimum atomic E-state index is 0. The monoisotopic (exact) mass is 535 g/mol. The summed E-state index contributed by atoms with van der Waals surface area (Å²) >= 11 is 0. The quantitative estimate of drug-likeness (QED) is 0.180. The lowest BCUT2D eigenvalue weighted by atomic mass is 10.1. The standard InChI is InChI=1S/C23H33N7.HI/c1-19(29(3)18-20-10-5-4-6-11-20)14-16-26-23(24-2)25-15-9-13-22-28-27-21-12-7-8-17-30(21)22;/h4-8,10-12,17,19H,9,13-16,18H2,1-3H3,(H2,24,25,26);1H. The van der Waals surface area contributed by atoms with Crippen molar-refractivity contribution in [2.45, 2.75) is 38.8 Å². The number of rotatable bonds is 10. The zero-order valence-corrected chi connectivity index (χ0v) is 21.0. The Bertz CT molecular complexity index is 926. The number of guanidine groups is 1. The topological polar surface area (TPSA) is 69.8 Å². The van der Waals surface area contributed by atoms with Crippen LogP contribution in [0, 0.1) is 0 Å². The fourth-order valence-corrected chi connectivity index (χ4v) is 3.38. The van der Waals surface area contributed by atoms with E-state index in [2.05, 4.69) is 75.0 Å². The highest BCUT2D eigenvalue weighted by atomic mass is 127. The second kappa shape index (κ2) is 13.3. The van der Waals surface area contributed by atoms with Crippen LogP contribution in [0.15, 0.2) is 59.7 Å². The number of hydrogen-bond acceptors (Lipinski definition) is 4. The van der Waals surface area contributed by atoms with Gasteiger partial charge in [-0.15, -0.1) is 34.2 Å². The summed E-state index contributed by atoms with van der Waals surface area (Å²) in [5.74, 6) is 1.84. The van der Waals surface area contributed by atoms with E-state index < -0.39 is 0 Å². The van der Waals surface area contributed by atoms with Gasteiger partial charge in [0, 0.05) is 45.3 Å². The second-order valence-corrected chi connectivity index (χ2v) is 7.61. The number of hydrogen-bond donors (Lipinski definition) is 2. The molecule has 0 amide bonds. The van der Waals surface area contributed by atoms with E-state index in [1.54, 1.807) is 0 Å². The molecule has 0 bridgehead atoms. The van der Waals surface area contributed by atoms with Crippen LogP contribution in [0.1, 0.15) is 31.2 Å². The number of pyridine rings is 1. The maximum absolute atomic E-state index is 4.33. The number of nitrogens with one attached hydrogen (secondary N) is 2. The minimum absolute atomic E-state index is 0. The summed E-state index contributed by atoms with van der Waals surface area (Å²) in [5, 5.41) is 15.3. The van der Waals surface area contributed by atoms with Crippen molar-refractivity contribution < 1.29 is 0 Å². The Morgan fingerprint density at radius 3 is 2.58 bits per heavy atom. The number of aryl methyl sites for hydroxylation is 1. The van der Waals surface area contributed by atoms with Gasteiger partial charge in [-0.25, -0.2) is 0 Å². The fourth-order valence-electron chi connectivity index (χ4n) is 3.38. The van der Waals surface area contributed by atoms with Crippen molar-refractivity contribution in [2.75, 3.05) is 27.2 Å². The van der Waals surface area contributed by atoms with Gasteiger partial charge in [0.15, 0.2) is 11.6 Å². The molecule has 0 aliphatic rings. The summed E-state index contributed by atoms with van der Waals surface area (Å²) in [5.41, 5.74) is 2.24. The molecule has 0 spiro atoms. The minimum Gasteiger partial charge on any atom is -0.356 e. The molecule has 2 heterocycles. The molecule has 0 aliphatic carbocycles. The maximum atomic E-state index is 4.33. The fraction of sp³-hybridized carbons (Fsp3) is 0.435. The van der Waals surface area contributed by atoms with Crippen molar-refractivity contribution in [2.24, 2.45) is 4.99 Å². The molecule has 0 saturated heterocycles. The molecular formula is C23H34IN7. The highest BCUT2D eigenvalue weighted by Gasteiger charge is 2.10. The number of nitrogens with zero attached hydrogens (tertiary/aromatic N) is 5. The summed E-state index contributed by atoms with van der Waals surface area (Å²) in [4.78, 5) is 6.71. The van der Waals surface area contributed by atoms with E-state index in [4.69, 9.17) is 0 Å². The highest BCUT2D eigenvalue weighted by molar-refractivity contribution is 14.0. The first-order chi connectivity index (χ1) is 14.7. The van der Waals surface area contributed by atoms with Crippen molar-refractivity contribution in [3.63, 3.8) is 0 Å². The van der Waals surface area contributed by atoms with Gasteiger partial charge < -0.3 is 10.6 Å². The smallest absolute Gasteiger partial charge is 0.190 e. The van der Waals surface area contributed by atoms with E-state index in [1.807, 2.05) is 35.8 Å². The third-order valence-electron chi connectivity index (χ3n) is 5.36. The van der Waals surface area contributed by atoms with E-state index in [-0.39, 0.29) is 24.0 Å². The summed E-state index contributed by atoms with van der Waals surface area (Å²) < 4.78 is 2.04. The third-order valence-corrected chi connectivity index (χ3v) is 5.36. The zero-order valence-electron chi connectivity index (χ0n) is 18.7. The molecule has 0 saturated carbocycles. The average molecular weight is 535 g/mol. The molecule has 2 N–H and O–H groups in total. The number of aromatic nitrogens is 3. The molecule has 0 aliphatic heterocycles. The lowest BCUT2D eigenvalue weighted by Crippen LogP contribution is -2.40. The van der Waals surface area contributed by atoms with Crippen LogP contribution in [0.2, 0.25) is 0 Å². The summed E-state index contributed by atoms with van der Waals surface area (Å²) in [6.45, 7) is 4.95. The van der Waals surface area contributed by atoms with Crippen LogP contribution in [0.5, 0.6) is 0 Å². The van der Waals surface area contributed by atoms with Gasteiger partial charge in [0.25, 0.3) is 0 Å². The van der Waals surface area contributed by atoms with Crippen LogP contribution in [0.4, 0.5) is 0 Å². The largest absolute Gasteiger partial charge is 0.356 e. The van der Waals surface area contributed by atoms with Crippen LogP contribution in [0.25, 0.3) is 5.65 Å². The lowest BCUT2D eigenvalue weighted by Gasteiger charge is -2.25. The van der Waals surface area contributed by atoms with Crippen molar-refractivity contribution >= 4 is 35.6 Å². The highest BCUT2D eigenvalue weighted by Crippen LogP contribution is 2.08. The van der Waals surface area contributed by atoms with Gasteiger partial charge in [-0.3, -0.25) is 14.3 Å². The third kappa shape index (κ3) is 7.77. The molecule has 1 aromatic carbocycles. The van der Waals surface area contributed by atoms with Gasteiger partial charge in [0.1, 0.15) is 5.82 Å². The second-order valence-electron chi connectivity index (χ2n) is 7.61. The Kier molecular flexibility index (Phi) is 10.7. The Balaban J connectivity index is 0.00000341. The average Bonchev–Trinajstić information content (AvgIpc) is 3.19. The van der Waals surface area contributed by atoms with Crippen molar-refractivity contribution in [1.29, 1.82) is 0 Å². The molecule has 3 rings (SSSR count). The zero-order chi connectivity index (χ0) is 21.2. The van der Waals surface area contributed by atoms with E-state index in [1.165, 1.54) is 5.56 Å². The van der Waals surface area contributed by atoms with Gasteiger partial charge in [-0.1, -0.05) is 36.4 Å². The van der Waals surface area contributed by atoms with Gasteiger partial charge in [-0.2, -0.15) is 0 Å². The van der Waals surface area contributed by atoms with Gasteiger partial charge in [0.05, 0.1) is 0 Å². The Morgan fingerprint density at radius 1 is 1.06 bits per heavy atom. The molecule has 31 heavy (non-hydrogen) atoms. The molecule has 7 nitrogen and oxygen atoms in total. The normalized spacial score (nSPS) is 12.6. The van der Waals surface area contributed by atoms with E-state index in [9.17, 15) is 0 Å². The Hall–Kier alpha value is -2.20. The van der Waals surface area contributed by atoms with E-state index in [0.717, 1.165) is 56.3 Å². The van der Waals surface area contributed by atoms with Crippen molar-refractivity contribution in [3.8, 4) is 0 Å². The summed E-state index contributed by atoms with van der Waals surface area (Å²) in [6, 6.07) is 17.0. The number of benzene rings is 1. The predicted octanol–water partition coefficient (Wildman–Crippen LogP) is 3.36. The van der Waals surface area contributed by atoms with Crippen molar-refractivity contribution in [1.82, 2.24) is 30.1 Å². The lowest BCUT2D eigenvalue weighted by molar-refractivity contribution is 0.238. The molecule has 3 aromatic rings. The van der Waals surface area contributed by atoms with Crippen molar-refractivity contribution in [3.05, 3.63) is 66.1 Å². The van der Waals surface area contributed by atoms with Crippen LogP contribution < -0.4 is 10.6 Å². The molecular weight excluding hydrogens is 501 g/mol. The van der Waals surface area contributed by atoms with Crippen LogP contribution in [-0.4, -0.2) is 58.7 Å². The van der Waals surface area contributed by atoms with Gasteiger partial charge in [0.2, 0.25) is 0 Å². The first kappa shape index (κ1) is 25.1. The summed E-state index contributed by atoms with van der Waals surface area (Å²) in [6.07, 6.45) is 4.90. The van der Waals surface area contributed by atoms with E-state index >= 15 is 0 Å². The molecule has 168 valence electrons.